The Labute approximate surface area is 107 Å². The lowest BCUT2D eigenvalue weighted by atomic mass is 9.97. The highest BCUT2D eigenvalue weighted by Gasteiger charge is 2.36. The lowest BCUT2D eigenvalue weighted by Gasteiger charge is -2.31. The van der Waals surface area contributed by atoms with Crippen LogP contribution in [0.4, 0.5) is 18.3 Å². The number of anilines is 1. The van der Waals surface area contributed by atoms with Crippen molar-refractivity contribution in [1.82, 2.24) is 14.7 Å². The van der Waals surface area contributed by atoms with Gasteiger partial charge in [0.25, 0.3) is 0 Å². The third-order valence-corrected chi connectivity index (χ3v) is 3.82. The summed E-state index contributed by atoms with van der Waals surface area (Å²) in [7, 11) is 1.91. The van der Waals surface area contributed by atoms with Crippen LogP contribution in [0.3, 0.4) is 0 Å². The quantitative estimate of drug-likeness (QED) is 0.919. The van der Waals surface area contributed by atoms with Gasteiger partial charge in [-0.25, -0.2) is 0 Å². The number of alkyl halides is 3. The van der Waals surface area contributed by atoms with Gasteiger partial charge in [0.2, 0.25) is 11.0 Å². The number of aromatic nitrogens is 2. The van der Waals surface area contributed by atoms with Gasteiger partial charge in [-0.05, 0) is 32.4 Å². The minimum Gasteiger partial charge on any atom is -0.347 e. The predicted molar refractivity (Wildman–Crippen MR) is 63.8 cm³/mol. The number of hydrogen-bond acceptors (Lipinski definition) is 5. The second kappa shape index (κ2) is 5.40. The molecule has 1 aliphatic heterocycles. The van der Waals surface area contributed by atoms with Crippen LogP contribution in [0.1, 0.15) is 18.7 Å². The molecule has 0 radical (unpaired) electrons. The molecule has 1 saturated heterocycles. The summed E-state index contributed by atoms with van der Waals surface area (Å²) in [5.74, 6) is -0.430. The maximum atomic E-state index is 12.4. The highest BCUT2D eigenvalue weighted by atomic mass is 32.1. The molecule has 1 aromatic heterocycles. The van der Waals surface area contributed by atoms with E-state index in [9.17, 15) is 13.2 Å². The summed E-state index contributed by atoms with van der Waals surface area (Å²) >= 11 is 0.827. The van der Waals surface area contributed by atoms with Crippen molar-refractivity contribution in [3.8, 4) is 0 Å². The molecule has 4 nitrogen and oxygen atoms in total. The van der Waals surface area contributed by atoms with Crippen LogP contribution in [-0.4, -0.2) is 36.0 Å². The van der Waals surface area contributed by atoms with Crippen molar-refractivity contribution in [3.63, 3.8) is 0 Å². The van der Waals surface area contributed by atoms with E-state index in [-0.39, 0.29) is 0 Å². The standard InChI is InChI=1S/C10H15F3N4S/c1-14-6-7-2-4-17(5-3-7)9-15-8(16-18-9)10(11,12)13/h7,14H,2-6H2,1H3. The Morgan fingerprint density at radius 2 is 2.06 bits per heavy atom. The molecule has 8 heteroatoms. The molecule has 18 heavy (non-hydrogen) atoms. The number of halogens is 3. The first-order valence-corrected chi connectivity index (χ1v) is 6.58. The van der Waals surface area contributed by atoms with Crippen molar-refractivity contribution in [3.05, 3.63) is 5.82 Å². The minimum absolute atomic E-state index is 0.380. The zero-order chi connectivity index (χ0) is 13.2. The number of nitrogens with zero attached hydrogens (tertiary/aromatic N) is 3. The summed E-state index contributed by atoms with van der Waals surface area (Å²) in [4.78, 5) is 5.46. The van der Waals surface area contributed by atoms with Gasteiger partial charge in [-0.2, -0.15) is 22.5 Å². The van der Waals surface area contributed by atoms with E-state index in [4.69, 9.17) is 0 Å². The molecule has 0 amide bonds. The van der Waals surface area contributed by atoms with E-state index < -0.39 is 12.0 Å². The van der Waals surface area contributed by atoms with Crippen LogP contribution in [0.5, 0.6) is 0 Å². The van der Waals surface area contributed by atoms with Gasteiger partial charge in [-0.15, -0.1) is 0 Å². The van der Waals surface area contributed by atoms with Crippen molar-refractivity contribution >= 4 is 16.7 Å². The maximum Gasteiger partial charge on any atom is 0.452 e. The average Bonchev–Trinajstić information content (AvgIpc) is 2.79. The number of hydrogen-bond donors (Lipinski definition) is 1. The van der Waals surface area contributed by atoms with E-state index in [0.717, 1.165) is 44.0 Å². The maximum absolute atomic E-state index is 12.4. The zero-order valence-electron chi connectivity index (χ0n) is 10.00. The summed E-state index contributed by atoms with van der Waals surface area (Å²) in [6.45, 7) is 2.45. The molecule has 2 heterocycles. The van der Waals surface area contributed by atoms with E-state index in [1.807, 2.05) is 11.9 Å². The van der Waals surface area contributed by atoms with Crippen molar-refractivity contribution in [2.75, 3.05) is 31.6 Å². The van der Waals surface area contributed by atoms with Gasteiger partial charge in [-0.3, -0.25) is 0 Å². The summed E-state index contributed by atoms with van der Waals surface area (Å²) in [6, 6.07) is 0. The third kappa shape index (κ3) is 3.11. The molecule has 0 atom stereocenters. The molecule has 2 rings (SSSR count). The molecular formula is C10H15F3N4S. The van der Waals surface area contributed by atoms with Crippen LogP contribution in [0, 0.1) is 5.92 Å². The largest absolute Gasteiger partial charge is 0.452 e. The fourth-order valence-electron chi connectivity index (χ4n) is 2.08. The van der Waals surface area contributed by atoms with Gasteiger partial charge in [0, 0.05) is 24.6 Å². The summed E-state index contributed by atoms with van der Waals surface area (Å²) in [5, 5.41) is 3.50. The van der Waals surface area contributed by atoms with Gasteiger partial charge in [0.1, 0.15) is 0 Å². The summed E-state index contributed by atoms with van der Waals surface area (Å²) < 4.78 is 40.5. The normalized spacial score (nSPS) is 18.3. The third-order valence-electron chi connectivity index (χ3n) is 3.05. The molecule has 1 aliphatic rings. The van der Waals surface area contributed by atoms with Crippen LogP contribution in [0.2, 0.25) is 0 Å². The minimum atomic E-state index is -4.45. The van der Waals surface area contributed by atoms with E-state index >= 15 is 0 Å². The van der Waals surface area contributed by atoms with Crippen LogP contribution >= 0.6 is 11.5 Å². The molecule has 0 aromatic carbocycles. The van der Waals surface area contributed by atoms with Gasteiger partial charge < -0.3 is 10.2 Å². The Balaban J connectivity index is 1.95. The highest BCUT2D eigenvalue weighted by Crippen LogP contribution is 2.31. The Kier molecular flexibility index (Phi) is 4.06. The number of rotatable bonds is 3. The van der Waals surface area contributed by atoms with Crippen molar-refractivity contribution in [1.29, 1.82) is 0 Å². The average molecular weight is 280 g/mol. The lowest BCUT2D eigenvalue weighted by Crippen LogP contribution is -2.36. The molecule has 0 spiro atoms. The number of piperidine rings is 1. The fraction of sp³-hybridized carbons (Fsp3) is 0.800. The van der Waals surface area contributed by atoms with Crippen molar-refractivity contribution in [2.24, 2.45) is 5.92 Å². The summed E-state index contributed by atoms with van der Waals surface area (Å²) in [5.41, 5.74) is 0. The zero-order valence-corrected chi connectivity index (χ0v) is 10.8. The molecule has 102 valence electrons. The Bertz CT molecular complexity index is 385. The molecule has 0 aliphatic carbocycles. The Morgan fingerprint density at radius 3 is 2.56 bits per heavy atom. The van der Waals surface area contributed by atoms with Crippen LogP contribution < -0.4 is 10.2 Å². The fourth-order valence-corrected chi connectivity index (χ4v) is 2.81. The van der Waals surface area contributed by atoms with Crippen LogP contribution in [-0.2, 0) is 6.18 Å². The first kappa shape index (κ1) is 13.5. The molecule has 1 aromatic rings. The van der Waals surface area contributed by atoms with Crippen LogP contribution in [0.25, 0.3) is 0 Å². The van der Waals surface area contributed by atoms with E-state index in [0.29, 0.717) is 11.0 Å². The molecule has 0 unspecified atom stereocenters. The first-order chi connectivity index (χ1) is 8.50. The molecule has 1 fully saturated rings. The van der Waals surface area contributed by atoms with Gasteiger partial charge in [0.05, 0.1) is 0 Å². The van der Waals surface area contributed by atoms with Crippen LogP contribution in [0.15, 0.2) is 0 Å². The van der Waals surface area contributed by atoms with Gasteiger partial charge in [-0.1, -0.05) is 0 Å². The second-order valence-electron chi connectivity index (χ2n) is 4.39. The van der Waals surface area contributed by atoms with Gasteiger partial charge in [0.15, 0.2) is 0 Å². The van der Waals surface area contributed by atoms with E-state index in [1.54, 1.807) is 0 Å². The summed E-state index contributed by atoms with van der Waals surface area (Å²) in [6.07, 6.45) is -2.50. The molecule has 0 saturated carbocycles. The molecule has 1 N–H and O–H groups in total. The second-order valence-corrected chi connectivity index (χ2v) is 5.12. The molecular weight excluding hydrogens is 265 g/mol. The van der Waals surface area contributed by atoms with E-state index in [2.05, 4.69) is 14.7 Å². The SMILES string of the molecule is CNCC1CCN(c2nc(C(F)(F)F)ns2)CC1. The number of nitrogens with one attached hydrogen (secondary N) is 1. The molecule has 0 bridgehead atoms. The predicted octanol–water partition coefficient (Wildman–Crippen LogP) is 1.99. The van der Waals surface area contributed by atoms with E-state index in [1.165, 1.54) is 0 Å². The smallest absolute Gasteiger partial charge is 0.347 e. The first-order valence-electron chi connectivity index (χ1n) is 5.81. The Morgan fingerprint density at radius 1 is 1.39 bits per heavy atom. The lowest BCUT2D eigenvalue weighted by molar-refractivity contribution is -0.144. The highest BCUT2D eigenvalue weighted by molar-refractivity contribution is 7.09. The topological polar surface area (TPSA) is 41.0 Å². The monoisotopic (exact) mass is 280 g/mol. The van der Waals surface area contributed by atoms with Crippen molar-refractivity contribution < 1.29 is 13.2 Å². The Hall–Kier alpha value is -0.890. The van der Waals surface area contributed by atoms with Crippen molar-refractivity contribution in [2.45, 2.75) is 19.0 Å². The van der Waals surface area contributed by atoms with Gasteiger partial charge >= 0.3 is 6.18 Å².